The Hall–Kier alpha value is 1.44. The average Bonchev–Trinajstić information content (AvgIpc) is 2.20. The molecule has 0 radical (unpaired) electrons. The van der Waals surface area contributed by atoms with Gasteiger partial charge < -0.3 is 23.7 Å². The zero-order valence-electron chi connectivity index (χ0n) is 8.36. The quantitative estimate of drug-likeness (QED) is 0.586. The minimum absolute atomic E-state index is 0. The summed E-state index contributed by atoms with van der Waals surface area (Å²) in [6, 6.07) is 0. The molecule has 11 heavy (non-hydrogen) atoms. The van der Waals surface area contributed by atoms with E-state index in [4.69, 9.17) is 0 Å². The standard InChI is InChI=1S/C5H6NS.C2H6.CH3.Rb/c1-4-3-7-5(2)6-4;1-2;;/h1-2H3;1-2H3;1H3;/q-1;;-1;+1. The number of hydrogen-bond acceptors (Lipinski definition) is 2. The fourth-order valence-corrected chi connectivity index (χ4v) is 0.953. The molecule has 0 atom stereocenters. The molecular weight excluding hydrogens is 228 g/mol. The van der Waals surface area contributed by atoms with Crippen molar-refractivity contribution in [1.29, 1.82) is 0 Å². The first kappa shape index (κ1) is 18.3. The van der Waals surface area contributed by atoms with Gasteiger partial charge in [-0.25, -0.2) is 0 Å². The summed E-state index contributed by atoms with van der Waals surface area (Å²) < 4.78 is 0. The van der Waals surface area contributed by atoms with Gasteiger partial charge in [0.2, 0.25) is 0 Å². The molecule has 1 heterocycles. The van der Waals surface area contributed by atoms with Crippen LogP contribution >= 0.6 is 11.3 Å². The SMILES string of the molecule is CC.Cc1[c-]sc(C)n1.[CH3-].[Rb+]. The Bertz CT molecular complexity index is 146. The summed E-state index contributed by atoms with van der Waals surface area (Å²) in [6.07, 6.45) is 0. The van der Waals surface area contributed by atoms with Crippen molar-refractivity contribution in [3.8, 4) is 0 Å². The first-order valence-corrected chi connectivity index (χ1v) is 3.92. The molecule has 0 spiro atoms. The predicted octanol–water partition coefficient (Wildman–Crippen LogP) is 0.0406. The zero-order chi connectivity index (χ0) is 7.28. The summed E-state index contributed by atoms with van der Waals surface area (Å²) in [4.78, 5) is 4.07. The maximum absolute atomic E-state index is 4.07. The van der Waals surface area contributed by atoms with E-state index in [1.54, 1.807) is 11.3 Å². The van der Waals surface area contributed by atoms with Crippen molar-refractivity contribution >= 4 is 11.3 Å². The zero-order valence-corrected chi connectivity index (χ0v) is 14.1. The molecule has 0 aliphatic carbocycles. The largest absolute Gasteiger partial charge is 1.00 e. The van der Waals surface area contributed by atoms with Gasteiger partial charge >= 0.3 is 58.2 Å². The van der Waals surface area contributed by atoms with Crippen molar-refractivity contribution in [2.75, 3.05) is 0 Å². The van der Waals surface area contributed by atoms with Crippen LogP contribution in [-0.4, -0.2) is 4.98 Å². The van der Waals surface area contributed by atoms with Crippen molar-refractivity contribution in [1.82, 2.24) is 4.98 Å². The molecule has 0 aliphatic rings. The van der Waals surface area contributed by atoms with Gasteiger partial charge in [0.15, 0.2) is 0 Å². The Labute approximate surface area is 123 Å². The van der Waals surface area contributed by atoms with Gasteiger partial charge in [0.1, 0.15) is 0 Å². The van der Waals surface area contributed by atoms with E-state index in [0.717, 1.165) is 10.7 Å². The second-order valence-corrected chi connectivity index (χ2v) is 2.42. The van der Waals surface area contributed by atoms with Gasteiger partial charge in [-0.05, 0) is 6.92 Å². The minimum atomic E-state index is 0. The Morgan fingerprint density at radius 2 is 1.73 bits per heavy atom. The van der Waals surface area contributed by atoms with E-state index in [9.17, 15) is 0 Å². The summed E-state index contributed by atoms with van der Waals surface area (Å²) in [6.45, 7) is 7.93. The summed E-state index contributed by atoms with van der Waals surface area (Å²) in [7, 11) is 0. The summed E-state index contributed by atoms with van der Waals surface area (Å²) >= 11 is 1.57. The van der Waals surface area contributed by atoms with Gasteiger partial charge in [0.25, 0.3) is 0 Å². The van der Waals surface area contributed by atoms with Gasteiger partial charge in [-0.15, -0.1) is 0 Å². The van der Waals surface area contributed by atoms with Crippen molar-refractivity contribution in [2.24, 2.45) is 0 Å². The third kappa shape index (κ3) is 9.35. The van der Waals surface area contributed by atoms with Crippen LogP contribution in [0.3, 0.4) is 0 Å². The van der Waals surface area contributed by atoms with Crippen molar-refractivity contribution in [2.45, 2.75) is 27.7 Å². The number of hydrogen-bond donors (Lipinski definition) is 0. The molecule has 0 amide bonds. The molecule has 0 unspecified atom stereocenters. The van der Waals surface area contributed by atoms with Crippen LogP contribution in [0.4, 0.5) is 0 Å². The topological polar surface area (TPSA) is 12.9 Å². The van der Waals surface area contributed by atoms with Crippen LogP contribution in [-0.2, 0) is 0 Å². The number of aryl methyl sites for hydroxylation is 2. The number of rotatable bonds is 0. The van der Waals surface area contributed by atoms with Crippen LogP contribution in [0.1, 0.15) is 24.5 Å². The fourth-order valence-electron chi connectivity index (χ4n) is 0.430. The molecule has 60 valence electrons. The van der Waals surface area contributed by atoms with Crippen LogP contribution in [0.5, 0.6) is 0 Å². The molecule has 1 nitrogen and oxygen atoms in total. The van der Waals surface area contributed by atoms with Gasteiger partial charge in [-0.2, -0.15) is 5.38 Å². The van der Waals surface area contributed by atoms with Gasteiger partial charge in [0, 0.05) is 0 Å². The molecule has 0 aromatic carbocycles. The first-order valence-electron chi connectivity index (χ1n) is 3.11. The van der Waals surface area contributed by atoms with Crippen molar-refractivity contribution in [3.05, 3.63) is 23.5 Å². The normalized spacial score (nSPS) is 6.55. The van der Waals surface area contributed by atoms with E-state index in [1.165, 1.54) is 0 Å². The number of thiazole rings is 1. The van der Waals surface area contributed by atoms with Gasteiger partial charge in [-0.3, -0.25) is 0 Å². The Kier molecular flexibility index (Phi) is 19.0. The van der Waals surface area contributed by atoms with Crippen LogP contribution in [0.25, 0.3) is 0 Å². The van der Waals surface area contributed by atoms with Crippen LogP contribution in [0.15, 0.2) is 0 Å². The minimum Gasteiger partial charge on any atom is -0.361 e. The average molecular weight is 243 g/mol. The molecule has 0 N–H and O–H groups in total. The maximum Gasteiger partial charge on any atom is 1.00 e. The Morgan fingerprint density at radius 1 is 1.27 bits per heavy atom. The Balaban J connectivity index is -0.000000149. The van der Waals surface area contributed by atoms with E-state index < -0.39 is 0 Å². The smallest absolute Gasteiger partial charge is 0.361 e. The molecule has 1 aromatic rings. The molecule has 1 rings (SSSR count). The summed E-state index contributed by atoms with van der Waals surface area (Å²) in [5.74, 6) is 0. The first-order chi connectivity index (χ1) is 4.29. The third-order valence-electron chi connectivity index (χ3n) is 0.672. The second-order valence-electron chi connectivity index (χ2n) is 1.42. The molecule has 3 heteroatoms. The van der Waals surface area contributed by atoms with Gasteiger partial charge in [-0.1, -0.05) is 31.5 Å². The Morgan fingerprint density at radius 3 is 1.82 bits per heavy atom. The summed E-state index contributed by atoms with van der Waals surface area (Å²) in [5, 5.41) is 4.09. The van der Waals surface area contributed by atoms with E-state index >= 15 is 0 Å². The molecule has 0 fully saturated rings. The maximum atomic E-state index is 4.07. The van der Waals surface area contributed by atoms with E-state index in [-0.39, 0.29) is 65.6 Å². The summed E-state index contributed by atoms with van der Waals surface area (Å²) in [5.41, 5.74) is 1.00. The van der Waals surface area contributed by atoms with Crippen LogP contribution in [0.2, 0.25) is 0 Å². The number of nitrogens with zero attached hydrogens (tertiary/aromatic N) is 1. The van der Waals surface area contributed by atoms with Crippen LogP contribution < -0.4 is 58.2 Å². The molecule has 1 aromatic heterocycles. The predicted molar refractivity (Wildman–Crippen MR) is 48.2 cm³/mol. The van der Waals surface area contributed by atoms with E-state index in [1.807, 2.05) is 27.7 Å². The molecule has 0 saturated carbocycles. The van der Waals surface area contributed by atoms with Gasteiger partial charge in [0.05, 0.1) is 0 Å². The van der Waals surface area contributed by atoms with Crippen molar-refractivity contribution in [3.63, 3.8) is 0 Å². The second kappa shape index (κ2) is 11.4. The van der Waals surface area contributed by atoms with E-state index in [2.05, 4.69) is 10.4 Å². The van der Waals surface area contributed by atoms with E-state index in [0.29, 0.717) is 0 Å². The number of aromatic nitrogens is 1. The van der Waals surface area contributed by atoms with Crippen molar-refractivity contribution < 1.29 is 58.2 Å². The third-order valence-corrected chi connectivity index (χ3v) is 1.46. The molecular formula is C8H15NRbS-. The molecule has 0 aliphatic heterocycles. The molecule has 0 saturated heterocycles. The van der Waals surface area contributed by atoms with Crippen LogP contribution in [0, 0.1) is 26.7 Å². The molecule has 0 bridgehead atoms. The fraction of sp³-hybridized carbons (Fsp3) is 0.500. The monoisotopic (exact) mass is 242 g/mol.